The molecule has 0 aromatic rings. The lowest BCUT2D eigenvalue weighted by Gasteiger charge is -2.54. The summed E-state index contributed by atoms with van der Waals surface area (Å²) in [6.45, 7) is 12.1. The van der Waals surface area contributed by atoms with Crippen LogP contribution in [0.3, 0.4) is 0 Å². The molecule has 0 saturated carbocycles. The van der Waals surface area contributed by atoms with E-state index in [1.165, 1.54) is 51.7 Å². The highest BCUT2D eigenvalue weighted by Gasteiger charge is 2.46. The fourth-order valence-corrected chi connectivity index (χ4v) is 3.44. The highest BCUT2D eigenvalue weighted by atomic mass is 19.4. The average Bonchev–Trinajstić information content (AvgIpc) is 2.52. The smallest absolute Gasteiger partial charge is 0.475 e. The molecule has 0 aliphatic carbocycles. The average molecular weight is 380 g/mol. The largest absolute Gasteiger partial charge is 0.490 e. The Kier molecular flexibility index (Phi) is 8.37. The van der Waals surface area contributed by atoms with Crippen LogP contribution in [-0.2, 0) is 9.59 Å². The van der Waals surface area contributed by atoms with Gasteiger partial charge >= 0.3 is 12.1 Å². The lowest BCUT2D eigenvalue weighted by molar-refractivity contribution is -0.192. The van der Waals surface area contributed by atoms with Gasteiger partial charge < -0.3 is 14.9 Å². The van der Waals surface area contributed by atoms with Gasteiger partial charge in [-0.25, -0.2) is 4.79 Å². The zero-order chi connectivity index (χ0) is 20.0. The van der Waals surface area contributed by atoms with Gasteiger partial charge in [0, 0.05) is 24.4 Å². The van der Waals surface area contributed by atoms with Gasteiger partial charge in [-0.2, -0.15) is 13.2 Å². The second-order valence-electron chi connectivity index (χ2n) is 7.70. The minimum atomic E-state index is -5.08. The molecule has 152 valence electrons. The molecule has 5 nitrogen and oxygen atoms in total. The third kappa shape index (κ3) is 6.78. The van der Waals surface area contributed by atoms with E-state index in [-0.39, 0.29) is 5.92 Å². The Bertz CT molecular complexity index is 465. The van der Waals surface area contributed by atoms with Crippen LogP contribution in [0.25, 0.3) is 0 Å². The number of likely N-dealkylation sites (tertiary alicyclic amines) is 2. The molecule has 0 aromatic carbocycles. The van der Waals surface area contributed by atoms with Crippen LogP contribution in [0, 0.1) is 11.3 Å². The number of amides is 1. The molecule has 1 spiro atoms. The minimum absolute atomic E-state index is 0.159. The van der Waals surface area contributed by atoms with Gasteiger partial charge in [0.05, 0.1) is 0 Å². The molecule has 2 fully saturated rings. The van der Waals surface area contributed by atoms with Gasteiger partial charge in [-0.3, -0.25) is 4.79 Å². The Balaban J connectivity index is 0.000000412. The molecule has 1 N–H and O–H groups in total. The Labute approximate surface area is 153 Å². The van der Waals surface area contributed by atoms with Gasteiger partial charge in [0.15, 0.2) is 0 Å². The van der Waals surface area contributed by atoms with Crippen LogP contribution in [0.4, 0.5) is 13.2 Å². The molecule has 2 saturated heterocycles. The van der Waals surface area contributed by atoms with E-state index in [1.54, 1.807) is 0 Å². The third-order valence-electron chi connectivity index (χ3n) is 5.10. The molecule has 0 atom stereocenters. The van der Waals surface area contributed by atoms with Crippen molar-refractivity contribution in [3.05, 3.63) is 0 Å². The standard InChI is InChI=1S/C16H30N2O.C2HF3O2/c1-4-5-6-9-17-10-7-16(8-11-17)12-18(13-16)15(19)14(2)3;3-2(4,5)1(6)7/h14H,4-13H2,1-3H3;(H,6,7). The number of rotatable bonds is 5. The number of carbonyl (C=O) groups is 2. The quantitative estimate of drug-likeness (QED) is 0.743. The molecule has 2 heterocycles. The second-order valence-corrected chi connectivity index (χ2v) is 7.70. The van der Waals surface area contributed by atoms with Crippen LogP contribution in [0.15, 0.2) is 0 Å². The zero-order valence-corrected chi connectivity index (χ0v) is 15.9. The molecule has 8 heteroatoms. The first-order valence-electron chi connectivity index (χ1n) is 9.32. The Morgan fingerprint density at radius 2 is 1.62 bits per heavy atom. The summed E-state index contributed by atoms with van der Waals surface area (Å²) in [6, 6.07) is 0. The molecule has 2 aliphatic heterocycles. The fraction of sp³-hybridized carbons (Fsp3) is 0.889. The Hall–Kier alpha value is -1.31. The molecule has 1 amide bonds. The molecule has 2 rings (SSSR count). The topological polar surface area (TPSA) is 60.9 Å². The Morgan fingerprint density at radius 1 is 1.12 bits per heavy atom. The van der Waals surface area contributed by atoms with Crippen molar-refractivity contribution >= 4 is 11.9 Å². The summed E-state index contributed by atoms with van der Waals surface area (Å²) in [7, 11) is 0. The predicted molar refractivity (Wildman–Crippen MR) is 92.7 cm³/mol. The summed E-state index contributed by atoms with van der Waals surface area (Å²) in [4.78, 5) is 25.5. The summed E-state index contributed by atoms with van der Waals surface area (Å²) in [6.07, 6.45) is 1.52. The van der Waals surface area contributed by atoms with E-state index in [0.717, 1.165) is 13.1 Å². The van der Waals surface area contributed by atoms with Crippen molar-refractivity contribution in [1.82, 2.24) is 9.80 Å². The van der Waals surface area contributed by atoms with Crippen molar-refractivity contribution < 1.29 is 27.9 Å². The first-order chi connectivity index (χ1) is 12.0. The van der Waals surface area contributed by atoms with Crippen LogP contribution in [0.5, 0.6) is 0 Å². The molecule has 0 radical (unpaired) electrons. The lowest BCUT2D eigenvalue weighted by Crippen LogP contribution is -2.62. The third-order valence-corrected chi connectivity index (χ3v) is 5.10. The maximum Gasteiger partial charge on any atom is 0.490 e. The number of alkyl halides is 3. The Morgan fingerprint density at radius 3 is 2.00 bits per heavy atom. The fourth-order valence-electron chi connectivity index (χ4n) is 3.44. The number of nitrogens with zero attached hydrogens (tertiary/aromatic N) is 2. The van der Waals surface area contributed by atoms with Crippen molar-refractivity contribution in [3.8, 4) is 0 Å². The summed E-state index contributed by atoms with van der Waals surface area (Å²) < 4.78 is 31.7. The van der Waals surface area contributed by atoms with Crippen molar-refractivity contribution in [2.24, 2.45) is 11.3 Å². The SMILES string of the molecule is CCCCCN1CCC2(CC1)CN(C(=O)C(C)C)C2.O=C(O)C(F)(F)F. The van der Waals surface area contributed by atoms with E-state index >= 15 is 0 Å². The number of carbonyl (C=O) groups excluding carboxylic acids is 1. The maximum absolute atomic E-state index is 11.9. The van der Waals surface area contributed by atoms with Crippen LogP contribution in [-0.4, -0.2) is 65.7 Å². The van der Waals surface area contributed by atoms with Gasteiger partial charge in [0.2, 0.25) is 5.91 Å². The van der Waals surface area contributed by atoms with Crippen LogP contribution in [0.1, 0.15) is 52.9 Å². The zero-order valence-electron chi connectivity index (χ0n) is 15.9. The van der Waals surface area contributed by atoms with E-state index in [0.29, 0.717) is 11.3 Å². The summed E-state index contributed by atoms with van der Waals surface area (Å²) in [5.74, 6) is -2.25. The first-order valence-corrected chi connectivity index (χ1v) is 9.32. The molecule has 0 aromatic heterocycles. The van der Waals surface area contributed by atoms with Gasteiger partial charge in [-0.1, -0.05) is 33.6 Å². The number of piperidine rings is 1. The number of aliphatic carboxylic acids is 1. The normalized spacial score (nSPS) is 19.7. The summed E-state index contributed by atoms with van der Waals surface area (Å²) >= 11 is 0. The van der Waals surface area contributed by atoms with E-state index in [4.69, 9.17) is 9.90 Å². The van der Waals surface area contributed by atoms with Gasteiger partial charge in [0.1, 0.15) is 0 Å². The number of hydrogen-bond donors (Lipinski definition) is 1. The van der Waals surface area contributed by atoms with Gasteiger partial charge in [0.25, 0.3) is 0 Å². The van der Waals surface area contributed by atoms with Crippen LogP contribution in [0.2, 0.25) is 0 Å². The number of hydrogen-bond acceptors (Lipinski definition) is 3. The van der Waals surface area contributed by atoms with E-state index in [9.17, 15) is 18.0 Å². The van der Waals surface area contributed by atoms with Gasteiger partial charge in [-0.05, 0) is 38.9 Å². The first kappa shape index (κ1) is 22.7. The molecule has 2 aliphatic rings. The highest BCUT2D eigenvalue weighted by molar-refractivity contribution is 5.79. The molecular formula is C18H31F3N2O3. The van der Waals surface area contributed by atoms with E-state index < -0.39 is 12.1 Å². The maximum atomic E-state index is 11.9. The number of unbranched alkanes of at least 4 members (excludes halogenated alkanes) is 2. The summed E-state index contributed by atoms with van der Waals surface area (Å²) in [5, 5.41) is 7.12. The second kappa shape index (κ2) is 9.58. The molecular weight excluding hydrogens is 349 g/mol. The van der Waals surface area contributed by atoms with Crippen molar-refractivity contribution in [2.75, 3.05) is 32.7 Å². The summed E-state index contributed by atoms with van der Waals surface area (Å²) in [5.41, 5.74) is 0.478. The van der Waals surface area contributed by atoms with Crippen molar-refractivity contribution in [1.29, 1.82) is 0 Å². The van der Waals surface area contributed by atoms with Crippen LogP contribution < -0.4 is 0 Å². The number of halogens is 3. The molecule has 26 heavy (non-hydrogen) atoms. The van der Waals surface area contributed by atoms with Gasteiger partial charge in [-0.15, -0.1) is 0 Å². The molecule has 0 bridgehead atoms. The molecule has 0 unspecified atom stereocenters. The predicted octanol–water partition coefficient (Wildman–Crippen LogP) is 3.39. The monoisotopic (exact) mass is 380 g/mol. The number of carboxylic acid groups (broad SMARTS) is 1. The van der Waals surface area contributed by atoms with Crippen molar-refractivity contribution in [2.45, 2.75) is 59.1 Å². The van der Waals surface area contributed by atoms with Crippen LogP contribution >= 0.6 is 0 Å². The lowest BCUT2D eigenvalue weighted by atomic mass is 9.71. The van der Waals surface area contributed by atoms with E-state index in [2.05, 4.69) is 16.7 Å². The number of carboxylic acids is 1. The van der Waals surface area contributed by atoms with E-state index in [1.807, 2.05) is 13.8 Å². The van der Waals surface area contributed by atoms with Crippen molar-refractivity contribution in [3.63, 3.8) is 0 Å². The minimum Gasteiger partial charge on any atom is -0.475 e. The highest BCUT2D eigenvalue weighted by Crippen LogP contribution is 2.40.